The molecule has 0 spiro atoms. The first kappa shape index (κ1) is 9.14. The summed E-state index contributed by atoms with van der Waals surface area (Å²) in [5.41, 5.74) is 0.771. The largest absolute Gasteiger partial charge is 0.493 e. The monoisotopic (exact) mass is 370 g/mol. The van der Waals surface area contributed by atoms with Gasteiger partial charge in [0.05, 0.1) is 33.9 Å². The fraction of sp³-hybridized carbons (Fsp3) is 0.455. The second kappa shape index (κ2) is 10.1. The number of hydrogen-bond acceptors (Lipinski definition) is 4. The van der Waals surface area contributed by atoms with Gasteiger partial charge in [-0.3, -0.25) is 0 Å². The van der Waals surface area contributed by atoms with Crippen molar-refractivity contribution in [2.24, 2.45) is 0 Å². The quantitative estimate of drug-likeness (QED) is 0.670. The number of aliphatic hydroxyl groups is 1. The Labute approximate surface area is 173 Å². The molecule has 0 heterocycles. The average Bonchev–Trinajstić information content (AvgIpc) is 2.81. The molecule has 0 aromatic heterocycles. The van der Waals surface area contributed by atoms with E-state index in [4.69, 9.17) is 30.7 Å². The molecular weight excluding hydrogens is 328 g/mol. The van der Waals surface area contributed by atoms with E-state index in [2.05, 4.69) is 0 Å². The van der Waals surface area contributed by atoms with E-state index in [0.29, 0.717) is 11.1 Å². The van der Waals surface area contributed by atoms with Crippen molar-refractivity contribution >= 4 is 0 Å². The minimum Gasteiger partial charge on any atom is -0.493 e. The Hall–Kier alpha value is -2.20. The minimum absolute atomic E-state index is 0.0267. The molecule has 1 atom stereocenters. The molecule has 0 bridgehead atoms. The lowest BCUT2D eigenvalue weighted by atomic mass is 10.0. The van der Waals surface area contributed by atoms with Crippen molar-refractivity contribution in [2.75, 3.05) is 20.8 Å². The summed E-state index contributed by atoms with van der Waals surface area (Å²) in [6.45, 7) is 2.21. The van der Waals surface area contributed by atoms with Crippen LogP contribution in [0.5, 0.6) is 17.2 Å². The molecule has 1 N–H and O–H groups in total. The Morgan fingerprint density at radius 3 is 2.73 bits per heavy atom. The van der Waals surface area contributed by atoms with Gasteiger partial charge in [0.15, 0.2) is 11.5 Å². The van der Waals surface area contributed by atoms with Gasteiger partial charge in [-0.1, -0.05) is 18.5 Å². The second-order valence-corrected chi connectivity index (χ2v) is 5.54. The van der Waals surface area contributed by atoms with Gasteiger partial charge in [-0.15, -0.1) is 0 Å². The van der Waals surface area contributed by atoms with Gasteiger partial charge in [0, 0.05) is 2.74 Å². The Bertz CT molecular complexity index is 1170. The zero-order chi connectivity index (χ0) is 29.4. The van der Waals surface area contributed by atoms with Crippen molar-refractivity contribution < 1.29 is 35.8 Å². The molecule has 0 saturated carbocycles. The predicted octanol–water partition coefficient (Wildman–Crippen LogP) is 4.47. The van der Waals surface area contributed by atoms with Crippen molar-refractivity contribution in [1.29, 1.82) is 0 Å². The van der Waals surface area contributed by atoms with Crippen molar-refractivity contribution in [3.05, 3.63) is 52.9 Å². The molecule has 4 nitrogen and oxygen atoms in total. The van der Waals surface area contributed by atoms with Crippen molar-refractivity contribution in [3.8, 4) is 17.2 Å². The van der Waals surface area contributed by atoms with Gasteiger partial charge in [0.1, 0.15) is 12.4 Å². The van der Waals surface area contributed by atoms with E-state index in [9.17, 15) is 5.11 Å². The molecule has 26 heavy (non-hydrogen) atoms. The summed E-state index contributed by atoms with van der Waals surface area (Å²) in [6, 6.07) is -2.29. The van der Waals surface area contributed by atoms with Crippen molar-refractivity contribution in [3.63, 3.8) is 0 Å². The third-order valence-electron chi connectivity index (χ3n) is 3.62. The zero-order valence-corrected chi connectivity index (χ0v) is 15.0. The highest BCUT2D eigenvalue weighted by Crippen LogP contribution is 2.28. The maximum absolute atomic E-state index is 10.6. The van der Waals surface area contributed by atoms with Crippen LogP contribution in [0.25, 0.3) is 0 Å². The topological polar surface area (TPSA) is 47.9 Å². The van der Waals surface area contributed by atoms with Crippen molar-refractivity contribution in [2.45, 2.75) is 45.6 Å². The maximum atomic E-state index is 10.6. The number of ether oxygens (including phenoxy) is 3. The van der Waals surface area contributed by atoms with Crippen LogP contribution in [0.1, 0.15) is 52.4 Å². The van der Waals surface area contributed by atoms with Gasteiger partial charge in [0.2, 0.25) is 0 Å². The summed E-state index contributed by atoms with van der Waals surface area (Å²) in [5.74, 6) is -1.28. The highest BCUT2D eigenvalue weighted by atomic mass is 16.5. The maximum Gasteiger partial charge on any atom is 0.160 e. The van der Waals surface area contributed by atoms with Crippen LogP contribution in [-0.2, 0) is 6.42 Å². The Balaban J connectivity index is 2.21. The molecule has 0 aliphatic heterocycles. The summed E-state index contributed by atoms with van der Waals surface area (Å²) < 4.78 is 110. The normalized spacial score (nSPS) is 20.8. The van der Waals surface area contributed by atoms with Crippen LogP contribution >= 0.6 is 0 Å². The SMILES string of the molecule is [2H]c1c([2H])c(OCC([2H])(O)C([2H])([2H])CCCc2c([2H])c([2H])c(OC([2H])([2H])[2H])c(OC)c2[2H])c([2H])c(C)c1C. The Morgan fingerprint density at radius 1 is 1.12 bits per heavy atom. The number of rotatable bonds is 10. The Morgan fingerprint density at radius 2 is 1.96 bits per heavy atom. The zero-order valence-electron chi connectivity index (χ0n) is 27.0. The molecule has 1 unspecified atom stereocenters. The van der Waals surface area contributed by atoms with Gasteiger partial charge in [-0.25, -0.2) is 0 Å². The molecule has 2 rings (SSSR count). The highest BCUT2D eigenvalue weighted by molar-refractivity contribution is 5.42. The summed E-state index contributed by atoms with van der Waals surface area (Å²) in [7, 11) is -1.80. The molecule has 0 radical (unpaired) electrons. The number of methoxy groups -OCH3 is 2. The molecule has 0 amide bonds. The smallest absolute Gasteiger partial charge is 0.160 e. The molecule has 2 aromatic carbocycles. The average molecular weight is 371 g/mol. The molecule has 4 heteroatoms. The van der Waals surface area contributed by atoms with E-state index in [-0.39, 0.29) is 42.0 Å². The predicted molar refractivity (Wildman–Crippen MR) is 105 cm³/mol. The number of hydrogen-bond donors (Lipinski definition) is 1. The fourth-order valence-electron chi connectivity index (χ4n) is 2.06. The summed E-state index contributed by atoms with van der Waals surface area (Å²) in [4.78, 5) is 0. The third-order valence-corrected chi connectivity index (χ3v) is 3.62. The molecule has 2 aromatic rings. The van der Waals surface area contributed by atoms with Crippen LogP contribution < -0.4 is 14.2 Å². The summed E-state index contributed by atoms with van der Waals surface area (Å²) in [6.07, 6.45) is -6.05. The Kier molecular flexibility index (Phi) is 3.54. The van der Waals surface area contributed by atoms with E-state index >= 15 is 0 Å². The van der Waals surface area contributed by atoms with Crippen LogP contribution in [0.2, 0.25) is 0 Å². The van der Waals surface area contributed by atoms with Crippen LogP contribution in [0.4, 0.5) is 0 Å². The number of benzene rings is 2. The van der Waals surface area contributed by atoms with Crippen LogP contribution in [0.15, 0.2) is 36.3 Å². The van der Waals surface area contributed by atoms with E-state index in [1.165, 1.54) is 0 Å². The lowest BCUT2D eigenvalue weighted by Gasteiger charge is -2.13. The summed E-state index contributed by atoms with van der Waals surface area (Å²) >= 11 is 0. The van der Waals surface area contributed by atoms with Gasteiger partial charge in [0.25, 0.3) is 0 Å². The first-order valence-electron chi connectivity index (χ1n) is 14.0. The van der Waals surface area contributed by atoms with Crippen LogP contribution in [0, 0.1) is 13.8 Å². The molecule has 0 saturated heterocycles. The van der Waals surface area contributed by atoms with E-state index in [0.717, 1.165) is 7.11 Å². The third kappa shape index (κ3) is 5.95. The molecule has 0 aliphatic carbocycles. The van der Waals surface area contributed by atoms with Gasteiger partial charge in [-0.2, -0.15) is 0 Å². The van der Waals surface area contributed by atoms with E-state index in [1.807, 2.05) is 0 Å². The van der Waals surface area contributed by atoms with Gasteiger partial charge < -0.3 is 19.3 Å². The van der Waals surface area contributed by atoms with E-state index in [1.54, 1.807) is 13.8 Å². The fourth-order valence-corrected chi connectivity index (χ4v) is 2.06. The van der Waals surface area contributed by atoms with E-state index < -0.39 is 62.4 Å². The summed E-state index contributed by atoms with van der Waals surface area (Å²) in [5, 5.41) is 10.6. The van der Waals surface area contributed by atoms with Crippen LogP contribution in [0.3, 0.4) is 0 Å². The van der Waals surface area contributed by atoms with Gasteiger partial charge in [-0.05, 0) is 73.9 Å². The van der Waals surface area contributed by atoms with Gasteiger partial charge >= 0.3 is 0 Å². The van der Waals surface area contributed by atoms with Crippen molar-refractivity contribution in [1.82, 2.24) is 0 Å². The molecule has 0 aliphatic rings. The lowest BCUT2D eigenvalue weighted by molar-refractivity contribution is 0.0976. The first-order valence-corrected chi connectivity index (χ1v) is 8.05. The standard InChI is InChI=1S/C22H30O4/c1-16-9-11-20(13-17(16)2)26-15-19(23)8-6-5-7-18-10-12-21(24-3)22(14-18)25-4/h9-14,19,23H,5-8,15H2,1-4H3/i3D3,8D2,9D,10D,11D,12D,13D,14D,19D. The molecule has 142 valence electrons. The molecular formula is C22H30O4. The van der Waals surface area contributed by atoms with Crippen LogP contribution in [-0.4, -0.2) is 31.9 Å². The first-order chi connectivity index (χ1) is 17.3. The highest BCUT2D eigenvalue weighted by Gasteiger charge is 2.07. The second-order valence-electron chi connectivity index (χ2n) is 5.54. The minimum atomic E-state index is -2.94. The molecule has 0 fully saturated rings. The lowest BCUT2D eigenvalue weighted by Crippen LogP contribution is -2.17.